The number of aromatic amines is 1. The molecule has 5 heteroatoms. The van der Waals surface area contributed by atoms with Crippen molar-refractivity contribution in [2.75, 3.05) is 6.54 Å². The van der Waals surface area contributed by atoms with Gasteiger partial charge in [-0.1, -0.05) is 6.07 Å². The normalized spacial score (nSPS) is 17.9. The molecule has 116 valence electrons. The van der Waals surface area contributed by atoms with E-state index in [2.05, 4.69) is 4.98 Å². The summed E-state index contributed by atoms with van der Waals surface area (Å²) in [6, 6.07) is 7.70. The quantitative estimate of drug-likeness (QED) is 0.920. The summed E-state index contributed by atoms with van der Waals surface area (Å²) in [5, 5.41) is 0. The Labute approximate surface area is 127 Å². The van der Waals surface area contributed by atoms with Crippen LogP contribution in [0.2, 0.25) is 0 Å². The number of H-pyrrole nitrogens is 1. The Morgan fingerprint density at radius 2 is 2.00 bits per heavy atom. The molecule has 1 N–H and O–H groups in total. The van der Waals surface area contributed by atoms with Crippen LogP contribution in [0.3, 0.4) is 0 Å². The first-order chi connectivity index (χ1) is 10.7. The molecule has 0 unspecified atom stereocenters. The number of likely N-dealkylation sites (tertiary alicyclic amines) is 1. The molecule has 0 saturated carbocycles. The number of carbonyl (C=O) groups excluding carboxylic acids is 1. The van der Waals surface area contributed by atoms with Crippen molar-refractivity contribution in [2.24, 2.45) is 0 Å². The van der Waals surface area contributed by atoms with Gasteiger partial charge in [-0.3, -0.25) is 4.79 Å². The van der Waals surface area contributed by atoms with Gasteiger partial charge in [0.25, 0.3) is 0 Å². The highest BCUT2D eigenvalue weighted by Crippen LogP contribution is 2.31. The Morgan fingerprint density at radius 1 is 1.23 bits per heavy atom. The van der Waals surface area contributed by atoms with Crippen molar-refractivity contribution >= 4 is 5.91 Å². The predicted octanol–water partition coefficient (Wildman–Crippen LogP) is 3.59. The molecule has 0 aliphatic carbocycles. The summed E-state index contributed by atoms with van der Waals surface area (Å²) >= 11 is 0. The molecule has 0 spiro atoms. The van der Waals surface area contributed by atoms with Crippen LogP contribution in [-0.2, 0) is 11.2 Å². The highest BCUT2D eigenvalue weighted by atomic mass is 19.1. The van der Waals surface area contributed by atoms with Crippen LogP contribution in [-0.4, -0.2) is 22.3 Å². The summed E-state index contributed by atoms with van der Waals surface area (Å²) < 4.78 is 27.2. The van der Waals surface area contributed by atoms with E-state index < -0.39 is 11.6 Å². The molecule has 0 radical (unpaired) electrons. The lowest BCUT2D eigenvalue weighted by atomic mass is 10.1. The number of hydrogen-bond donors (Lipinski definition) is 1. The maximum absolute atomic E-state index is 13.6. The van der Waals surface area contributed by atoms with E-state index in [0.717, 1.165) is 18.5 Å². The van der Waals surface area contributed by atoms with E-state index >= 15 is 0 Å². The van der Waals surface area contributed by atoms with Gasteiger partial charge < -0.3 is 9.88 Å². The molecule has 1 aliphatic heterocycles. The van der Waals surface area contributed by atoms with E-state index in [9.17, 15) is 13.6 Å². The van der Waals surface area contributed by atoms with Crippen LogP contribution in [0.25, 0.3) is 0 Å². The van der Waals surface area contributed by atoms with Gasteiger partial charge >= 0.3 is 0 Å². The summed E-state index contributed by atoms with van der Waals surface area (Å²) in [7, 11) is 0. The number of rotatable bonds is 4. The minimum absolute atomic E-state index is 0.00790. The van der Waals surface area contributed by atoms with Crippen molar-refractivity contribution in [3.8, 4) is 0 Å². The van der Waals surface area contributed by atoms with Gasteiger partial charge in [0, 0.05) is 30.4 Å². The zero-order valence-corrected chi connectivity index (χ0v) is 12.2. The van der Waals surface area contributed by atoms with Crippen molar-refractivity contribution in [1.29, 1.82) is 0 Å². The first kappa shape index (κ1) is 14.8. The third-order valence-corrected chi connectivity index (χ3v) is 4.20. The number of carbonyl (C=O) groups is 1. The highest BCUT2D eigenvalue weighted by Gasteiger charge is 2.30. The largest absolute Gasteiger partial charge is 0.363 e. The fraction of sp³-hybridized carbons (Fsp3) is 0.353. The standard InChI is InChI=1S/C17H18F2N2O/c18-13-4-1-5-14(19)12(13)8-9-17(22)21-11-3-7-16(21)15-6-2-10-20-15/h1-2,4-6,10,16,20H,3,7-9,11H2/t16-/m0/s1. The lowest BCUT2D eigenvalue weighted by molar-refractivity contribution is -0.132. The second-order valence-corrected chi connectivity index (χ2v) is 5.57. The third-order valence-electron chi connectivity index (χ3n) is 4.20. The number of amides is 1. The molecule has 1 aliphatic rings. The number of benzene rings is 1. The molecule has 1 amide bonds. The van der Waals surface area contributed by atoms with Gasteiger partial charge in [0.15, 0.2) is 0 Å². The van der Waals surface area contributed by atoms with E-state index in [0.29, 0.717) is 6.54 Å². The molecule has 1 fully saturated rings. The maximum atomic E-state index is 13.6. The third kappa shape index (κ3) is 2.89. The minimum atomic E-state index is -0.588. The number of halogens is 2. The maximum Gasteiger partial charge on any atom is 0.223 e. The summed E-state index contributed by atoms with van der Waals surface area (Å²) in [5.74, 6) is -1.23. The van der Waals surface area contributed by atoms with E-state index in [1.165, 1.54) is 18.2 Å². The van der Waals surface area contributed by atoms with Crippen molar-refractivity contribution in [3.63, 3.8) is 0 Å². The van der Waals surface area contributed by atoms with Gasteiger partial charge in [-0.05, 0) is 43.5 Å². The molecule has 3 rings (SSSR count). The molecule has 2 heterocycles. The molecule has 0 bridgehead atoms. The fourth-order valence-electron chi connectivity index (χ4n) is 3.09. The average Bonchev–Trinajstić information content (AvgIpc) is 3.17. The first-order valence-corrected chi connectivity index (χ1v) is 7.52. The van der Waals surface area contributed by atoms with Crippen LogP contribution in [0.1, 0.15) is 36.6 Å². The summed E-state index contributed by atoms with van der Waals surface area (Å²) in [5.41, 5.74) is 1.01. The number of nitrogens with zero attached hydrogens (tertiary/aromatic N) is 1. The molecule has 3 nitrogen and oxygen atoms in total. The Balaban J connectivity index is 1.67. The van der Waals surface area contributed by atoms with Crippen LogP contribution in [0.15, 0.2) is 36.5 Å². The van der Waals surface area contributed by atoms with Crippen LogP contribution < -0.4 is 0 Å². The Kier molecular flexibility index (Phi) is 4.22. The zero-order valence-electron chi connectivity index (χ0n) is 12.2. The zero-order chi connectivity index (χ0) is 15.5. The average molecular weight is 304 g/mol. The Hall–Kier alpha value is -2.17. The van der Waals surface area contributed by atoms with Gasteiger partial charge in [0.05, 0.1) is 6.04 Å². The predicted molar refractivity (Wildman–Crippen MR) is 79.2 cm³/mol. The lowest BCUT2D eigenvalue weighted by Crippen LogP contribution is -2.31. The molecule has 1 aromatic carbocycles. The molecule has 1 saturated heterocycles. The van der Waals surface area contributed by atoms with Crippen molar-refractivity contribution in [2.45, 2.75) is 31.7 Å². The topological polar surface area (TPSA) is 36.1 Å². The van der Waals surface area contributed by atoms with E-state index in [4.69, 9.17) is 0 Å². The van der Waals surface area contributed by atoms with Crippen LogP contribution in [0, 0.1) is 11.6 Å². The van der Waals surface area contributed by atoms with E-state index in [1.807, 2.05) is 23.2 Å². The second-order valence-electron chi connectivity index (χ2n) is 5.57. The van der Waals surface area contributed by atoms with Crippen LogP contribution >= 0.6 is 0 Å². The monoisotopic (exact) mass is 304 g/mol. The minimum Gasteiger partial charge on any atom is -0.363 e. The fourth-order valence-corrected chi connectivity index (χ4v) is 3.09. The Bertz CT molecular complexity index is 634. The molecule has 1 atom stereocenters. The van der Waals surface area contributed by atoms with Crippen molar-refractivity contribution < 1.29 is 13.6 Å². The van der Waals surface area contributed by atoms with Gasteiger partial charge in [-0.25, -0.2) is 8.78 Å². The van der Waals surface area contributed by atoms with Crippen molar-refractivity contribution in [1.82, 2.24) is 9.88 Å². The lowest BCUT2D eigenvalue weighted by Gasteiger charge is -2.24. The summed E-state index contributed by atoms with van der Waals surface area (Å²) in [6.07, 6.45) is 3.91. The van der Waals surface area contributed by atoms with Gasteiger partial charge in [-0.2, -0.15) is 0 Å². The van der Waals surface area contributed by atoms with Gasteiger partial charge in [0.1, 0.15) is 11.6 Å². The smallest absolute Gasteiger partial charge is 0.223 e. The Morgan fingerprint density at radius 3 is 2.68 bits per heavy atom. The summed E-state index contributed by atoms with van der Waals surface area (Å²) in [4.78, 5) is 17.4. The van der Waals surface area contributed by atoms with Gasteiger partial charge in [-0.15, -0.1) is 0 Å². The molecule has 22 heavy (non-hydrogen) atoms. The first-order valence-electron chi connectivity index (χ1n) is 7.52. The molecular formula is C17H18F2N2O. The van der Waals surface area contributed by atoms with Gasteiger partial charge in [0.2, 0.25) is 5.91 Å². The van der Waals surface area contributed by atoms with E-state index in [1.54, 1.807) is 0 Å². The van der Waals surface area contributed by atoms with Crippen LogP contribution in [0.4, 0.5) is 8.78 Å². The second kappa shape index (κ2) is 6.30. The number of nitrogens with one attached hydrogen (secondary N) is 1. The highest BCUT2D eigenvalue weighted by molar-refractivity contribution is 5.77. The summed E-state index contributed by atoms with van der Waals surface area (Å²) in [6.45, 7) is 0.697. The number of hydrogen-bond acceptors (Lipinski definition) is 1. The van der Waals surface area contributed by atoms with E-state index in [-0.39, 0.29) is 30.4 Å². The SMILES string of the molecule is O=C(CCc1c(F)cccc1F)N1CCC[C@H]1c1ccc[nH]1. The van der Waals surface area contributed by atoms with Crippen LogP contribution in [0.5, 0.6) is 0 Å². The molecule has 1 aromatic heterocycles. The molecule has 2 aromatic rings. The molecular weight excluding hydrogens is 286 g/mol. The number of aromatic nitrogens is 1. The van der Waals surface area contributed by atoms with Crippen molar-refractivity contribution in [3.05, 3.63) is 59.4 Å².